The predicted octanol–water partition coefficient (Wildman–Crippen LogP) is 6.34. The van der Waals surface area contributed by atoms with Gasteiger partial charge in [-0.15, -0.1) is 0 Å². The number of anilines is 2. The van der Waals surface area contributed by atoms with Crippen molar-refractivity contribution in [2.75, 3.05) is 11.9 Å². The SMILES string of the molecule is CN(c1ccccc1)c1ccc(/C=C2\SC(=O)N(Cc3ccccc3Cl)C2=O)cc1. The Labute approximate surface area is 184 Å². The Morgan fingerprint density at radius 2 is 1.53 bits per heavy atom. The van der Waals surface area contributed by atoms with E-state index in [4.69, 9.17) is 11.6 Å². The number of halogens is 1. The van der Waals surface area contributed by atoms with Gasteiger partial charge in [0.05, 0.1) is 11.4 Å². The maximum Gasteiger partial charge on any atom is 0.293 e. The molecule has 0 unspecified atom stereocenters. The molecular weight excluding hydrogens is 416 g/mol. The van der Waals surface area contributed by atoms with Gasteiger partial charge in [0.1, 0.15) is 0 Å². The van der Waals surface area contributed by atoms with Crippen LogP contribution >= 0.6 is 23.4 Å². The molecule has 0 aromatic heterocycles. The number of imide groups is 1. The summed E-state index contributed by atoms with van der Waals surface area (Å²) < 4.78 is 0. The third-order valence-corrected chi connectivity index (χ3v) is 6.16. The van der Waals surface area contributed by atoms with Crippen LogP contribution in [-0.2, 0) is 11.3 Å². The molecule has 0 saturated carbocycles. The summed E-state index contributed by atoms with van der Waals surface area (Å²) in [5, 5.41) is 0.255. The fraction of sp³-hybridized carbons (Fsp3) is 0.0833. The van der Waals surface area contributed by atoms with Crippen molar-refractivity contribution in [3.8, 4) is 0 Å². The van der Waals surface area contributed by atoms with Crippen LogP contribution in [-0.4, -0.2) is 23.1 Å². The minimum Gasteiger partial charge on any atom is -0.345 e. The summed E-state index contributed by atoms with van der Waals surface area (Å²) in [7, 11) is 2.00. The van der Waals surface area contributed by atoms with Gasteiger partial charge in [-0.1, -0.05) is 60.1 Å². The first kappa shape index (κ1) is 20.3. The lowest BCUT2D eigenvalue weighted by Crippen LogP contribution is -2.27. The number of thioether (sulfide) groups is 1. The summed E-state index contributed by atoms with van der Waals surface area (Å²) in [6.45, 7) is 0.169. The van der Waals surface area contributed by atoms with Crippen LogP contribution in [0.2, 0.25) is 5.02 Å². The van der Waals surface area contributed by atoms with Crippen LogP contribution in [0.1, 0.15) is 11.1 Å². The van der Waals surface area contributed by atoms with E-state index in [9.17, 15) is 9.59 Å². The maximum absolute atomic E-state index is 12.8. The van der Waals surface area contributed by atoms with Crippen LogP contribution in [0.15, 0.2) is 83.8 Å². The predicted molar refractivity (Wildman–Crippen MR) is 124 cm³/mol. The summed E-state index contributed by atoms with van der Waals surface area (Å²) in [4.78, 5) is 28.9. The lowest BCUT2D eigenvalue weighted by Gasteiger charge is -2.19. The summed E-state index contributed by atoms with van der Waals surface area (Å²) in [6, 6.07) is 25.2. The molecule has 1 aliphatic heterocycles. The summed E-state index contributed by atoms with van der Waals surface area (Å²) in [5.74, 6) is -0.296. The lowest BCUT2D eigenvalue weighted by atomic mass is 10.1. The molecule has 0 spiro atoms. The van der Waals surface area contributed by atoms with Gasteiger partial charge in [0, 0.05) is 23.4 Å². The number of rotatable bonds is 5. The molecule has 4 nitrogen and oxygen atoms in total. The summed E-state index contributed by atoms with van der Waals surface area (Å²) in [5.41, 5.74) is 3.73. The average molecular weight is 435 g/mol. The van der Waals surface area contributed by atoms with Crippen molar-refractivity contribution in [1.82, 2.24) is 4.90 Å². The topological polar surface area (TPSA) is 40.6 Å². The van der Waals surface area contributed by atoms with E-state index >= 15 is 0 Å². The first-order valence-electron chi connectivity index (χ1n) is 9.40. The largest absolute Gasteiger partial charge is 0.345 e. The monoisotopic (exact) mass is 434 g/mol. The van der Waals surface area contributed by atoms with Crippen LogP contribution in [0.3, 0.4) is 0 Å². The number of benzene rings is 3. The van der Waals surface area contributed by atoms with E-state index in [0.717, 1.165) is 34.3 Å². The molecule has 1 saturated heterocycles. The summed E-state index contributed by atoms with van der Waals surface area (Å²) in [6.07, 6.45) is 1.75. The van der Waals surface area contributed by atoms with Crippen molar-refractivity contribution >= 4 is 52.0 Å². The third kappa shape index (κ3) is 4.27. The summed E-state index contributed by atoms with van der Waals surface area (Å²) >= 11 is 7.13. The van der Waals surface area contributed by atoms with E-state index in [0.29, 0.717) is 9.93 Å². The van der Waals surface area contributed by atoms with Gasteiger partial charge in [0.25, 0.3) is 11.1 Å². The second-order valence-corrected chi connectivity index (χ2v) is 8.25. The molecule has 1 aliphatic rings. The van der Waals surface area contributed by atoms with Crippen LogP contribution in [0.5, 0.6) is 0 Å². The van der Waals surface area contributed by atoms with E-state index in [1.807, 2.05) is 79.8 Å². The Morgan fingerprint density at radius 3 is 2.23 bits per heavy atom. The number of hydrogen-bond acceptors (Lipinski definition) is 4. The Kier molecular flexibility index (Phi) is 5.93. The van der Waals surface area contributed by atoms with Gasteiger partial charge in [-0.05, 0) is 59.3 Å². The first-order valence-corrected chi connectivity index (χ1v) is 10.6. The molecule has 1 fully saturated rings. The zero-order chi connectivity index (χ0) is 21.1. The normalized spacial score (nSPS) is 15.1. The van der Waals surface area contributed by atoms with Crippen molar-refractivity contribution in [2.45, 2.75) is 6.54 Å². The second-order valence-electron chi connectivity index (χ2n) is 6.85. The molecule has 2 amide bonds. The number of hydrogen-bond donors (Lipinski definition) is 0. The molecule has 4 rings (SSSR count). The molecule has 3 aromatic carbocycles. The van der Waals surface area contributed by atoms with Gasteiger partial charge in [0.15, 0.2) is 0 Å². The number of nitrogens with zero attached hydrogens (tertiary/aromatic N) is 2. The van der Waals surface area contributed by atoms with Gasteiger partial charge in [-0.25, -0.2) is 0 Å². The molecular formula is C24H19ClN2O2S. The fourth-order valence-electron chi connectivity index (χ4n) is 3.18. The van der Waals surface area contributed by atoms with E-state index in [1.54, 1.807) is 12.1 Å². The van der Waals surface area contributed by atoms with Gasteiger partial charge in [0.2, 0.25) is 0 Å². The third-order valence-electron chi connectivity index (χ3n) is 4.88. The zero-order valence-electron chi connectivity index (χ0n) is 16.3. The standard InChI is InChI=1S/C24H19ClN2O2S/c1-26(19-8-3-2-4-9-19)20-13-11-17(12-14-20)15-22-23(28)27(24(29)30-22)16-18-7-5-6-10-21(18)25/h2-15H,16H2,1H3/b22-15-. The lowest BCUT2D eigenvalue weighted by molar-refractivity contribution is -0.123. The molecule has 3 aromatic rings. The quantitative estimate of drug-likeness (QED) is 0.439. The van der Waals surface area contributed by atoms with Gasteiger partial charge < -0.3 is 4.90 Å². The molecule has 0 N–H and O–H groups in total. The Bertz CT molecular complexity index is 1110. The molecule has 30 heavy (non-hydrogen) atoms. The molecule has 150 valence electrons. The van der Waals surface area contributed by atoms with Crippen LogP contribution < -0.4 is 4.90 Å². The Hall–Kier alpha value is -3.02. The highest BCUT2D eigenvalue weighted by Gasteiger charge is 2.35. The first-order chi connectivity index (χ1) is 14.5. The number of amides is 2. The van der Waals surface area contributed by atoms with Crippen LogP contribution in [0, 0.1) is 0 Å². The maximum atomic E-state index is 12.8. The zero-order valence-corrected chi connectivity index (χ0v) is 17.9. The van der Waals surface area contributed by atoms with E-state index in [2.05, 4.69) is 4.90 Å². The van der Waals surface area contributed by atoms with E-state index < -0.39 is 0 Å². The van der Waals surface area contributed by atoms with E-state index in [1.165, 1.54) is 4.90 Å². The number of para-hydroxylation sites is 1. The van der Waals surface area contributed by atoms with Crippen molar-refractivity contribution in [3.05, 3.63) is 99.9 Å². The van der Waals surface area contributed by atoms with Gasteiger partial charge >= 0.3 is 0 Å². The Morgan fingerprint density at radius 1 is 0.900 bits per heavy atom. The molecule has 0 radical (unpaired) electrons. The molecule has 0 atom stereocenters. The smallest absolute Gasteiger partial charge is 0.293 e. The van der Waals surface area contributed by atoms with E-state index in [-0.39, 0.29) is 17.7 Å². The highest BCUT2D eigenvalue weighted by molar-refractivity contribution is 8.18. The van der Waals surface area contributed by atoms with Gasteiger partial charge in [-0.2, -0.15) is 0 Å². The Balaban J connectivity index is 1.50. The number of carbonyl (C=O) groups is 2. The highest BCUT2D eigenvalue weighted by Crippen LogP contribution is 2.34. The van der Waals surface area contributed by atoms with Crippen molar-refractivity contribution in [3.63, 3.8) is 0 Å². The second kappa shape index (κ2) is 8.78. The molecule has 0 aliphatic carbocycles. The molecule has 0 bridgehead atoms. The highest BCUT2D eigenvalue weighted by atomic mass is 35.5. The number of carbonyl (C=O) groups excluding carboxylic acids is 2. The minimum atomic E-state index is -0.296. The average Bonchev–Trinajstić information content (AvgIpc) is 3.03. The van der Waals surface area contributed by atoms with Gasteiger partial charge in [-0.3, -0.25) is 14.5 Å². The van der Waals surface area contributed by atoms with Crippen LogP contribution in [0.25, 0.3) is 6.08 Å². The molecule has 6 heteroatoms. The fourth-order valence-corrected chi connectivity index (χ4v) is 4.21. The molecule has 1 heterocycles. The minimum absolute atomic E-state index is 0.169. The van der Waals surface area contributed by atoms with Crippen LogP contribution in [0.4, 0.5) is 16.2 Å². The van der Waals surface area contributed by atoms with Crippen molar-refractivity contribution < 1.29 is 9.59 Å². The van der Waals surface area contributed by atoms with Crippen molar-refractivity contribution in [2.24, 2.45) is 0 Å². The van der Waals surface area contributed by atoms with Crippen molar-refractivity contribution in [1.29, 1.82) is 0 Å².